The fourth-order valence-electron chi connectivity index (χ4n) is 2.05. The summed E-state index contributed by atoms with van der Waals surface area (Å²) < 4.78 is 10.0. The maximum atomic E-state index is 12.1. The molecule has 1 aromatic carbocycles. The Labute approximate surface area is 129 Å². The van der Waals surface area contributed by atoms with Gasteiger partial charge in [-0.1, -0.05) is 0 Å². The molecule has 7 heteroatoms. The van der Waals surface area contributed by atoms with Crippen molar-refractivity contribution in [3.63, 3.8) is 0 Å². The number of halogens is 1. The highest BCUT2D eigenvalue weighted by atomic mass is 35.5. The van der Waals surface area contributed by atoms with Gasteiger partial charge >= 0.3 is 5.97 Å². The van der Waals surface area contributed by atoms with Gasteiger partial charge < -0.3 is 20.1 Å². The third-order valence-electron chi connectivity index (χ3n) is 3.17. The first-order valence-electron chi connectivity index (χ1n) is 6.46. The van der Waals surface area contributed by atoms with Crippen molar-refractivity contribution in [2.45, 2.75) is 19.1 Å². The molecule has 2 atom stereocenters. The number of ether oxygens (including phenoxy) is 2. The zero-order chi connectivity index (χ0) is 14.5. The number of amides is 1. The van der Waals surface area contributed by atoms with Gasteiger partial charge in [0.25, 0.3) is 0 Å². The van der Waals surface area contributed by atoms with Crippen LogP contribution in [-0.4, -0.2) is 44.3 Å². The number of carbonyl (C=O) groups is 2. The number of methoxy groups -OCH3 is 1. The van der Waals surface area contributed by atoms with Crippen molar-refractivity contribution in [1.29, 1.82) is 0 Å². The Morgan fingerprint density at radius 3 is 2.57 bits per heavy atom. The SMILES string of the molecule is COC(=O)c1ccc(NC(=O)[C@H]2NCCO[C@@H]2C)cc1.Cl. The van der Waals surface area contributed by atoms with Crippen LogP contribution in [0.4, 0.5) is 5.69 Å². The fourth-order valence-corrected chi connectivity index (χ4v) is 2.05. The number of hydrogen-bond acceptors (Lipinski definition) is 5. The molecule has 116 valence electrons. The summed E-state index contributed by atoms with van der Waals surface area (Å²) in [4.78, 5) is 23.4. The number of esters is 1. The minimum absolute atomic E-state index is 0. The zero-order valence-electron chi connectivity index (χ0n) is 11.9. The molecule has 1 amide bonds. The van der Waals surface area contributed by atoms with E-state index >= 15 is 0 Å². The first kappa shape index (κ1) is 17.4. The highest BCUT2D eigenvalue weighted by molar-refractivity contribution is 5.96. The molecule has 0 bridgehead atoms. The first-order valence-corrected chi connectivity index (χ1v) is 6.46. The highest BCUT2D eigenvalue weighted by Crippen LogP contribution is 2.12. The van der Waals surface area contributed by atoms with Crippen LogP contribution < -0.4 is 10.6 Å². The molecule has 0 aliphatic carbocycles. The van der Waals surface area contributed by atoms with E-state index in [9.17, 15) is 9.59 Å². The van der Waals surface area contributed by atoms with E-state index in [0.29, 0.717) is 24.4 Å². The zero-order valence-corrected chi connectivity index (χ0v) is 12.7. The van der Waals surface area contributed by atoms with E-state index in [1.807, 2.05) is 6.92 Å². The molecule has 1 heterocycles. The van der Waals surface area contributed by atoms with E-state index in [1.54, 1.807) is 24.3 Å². The van der Waals surface area contributed by atoms with Gasteiger partial charge in [-0.3, -0.25) is 4.79 Å². The van der Waals surface area contributed by atoms with Crippen LogP contribution >= 0.6 is 12.4 Å². The van der Waals surface area contributed by atoms with Gasteiger partial charge in [0.05, 0.1) is 25.4 Å². The van der Waals surface area contributed by atoms with Crippen LogP contribution in [0.2, 0.25) is 0 Å². The standard InChI is InChI=1S/C14H18N2O4.ClH/c1-9-12(15-7-8-20-9)13(17)16-11-5-3-10(4-6-11)14(18)19-2;/h3-6,9,12,15H,7-8H2,1-2H3,(H,16,17);1H/t9-,12+;/m1./s1. The number of hydrogen-bond donors (Lipinski definition) is 2. The third-order valence-corrected chi connectivity index (χ3v) is 3.17. The highest BCUT2D eigenvalue weighted by Gasteiger charge is 2.28. The Balaban J connectivity index is 0.00000220. The van der Waals surface area contributed by atoms with Gasteiger partial charge in [0.2, 0.25) is 5.91 Å². The molecule has 6 nitrogen and oxygen atoms in total. The van der Waals surface area contributed by atoms with Crippen molar-refractivity contribution in [3.05, 3.63) is 29.8 Å². The van der Waals surface area contributed by atoms with E-state index in [-0.39, 0.29) is 30.5 Å². The molecule has 1 saturated heterocycles. The Morgan fingerprint density at radius 2 is 2.00 bits per heavy atom. The molecule has 1 aliphatic rings. The molecule has 0 saturated carbocycles. The summed E-state index contributed by atoms with van der Waals surface area (Å²) in [6, 6.07) is 6.17. The molecular weight excluding hydrogens is 296 g/mol. The molecule has 21 heavy (non-hydrogen) atoms. The Bertz CT molecular complexity index is 492. The maximum absolute atomic E-state index is 12.1. The van der Waals surface area contributed by atoms with Crippen molar-refractivity contribution < 1.29 is 19.1 Å². The van der Waals surface area contributed by atoms with Crippen molar-refractivity contribution in [3.8, 4) is 0 Å². The van der Waals surface area contributed by atoms with Crippen LogP contribution in [0.15, 0.2) is 24.3 Å². The summed E-state index contributed by atoms with van der Waals surface area (Å²) in [5.74, 6) is -0.554. The van der Waals surface area contributed by atoms with Crippen molar-refractivity contribution in [2.24, 2.45) is 0 Å². The van der Waals surface area contributed by atoms with Gasteiger partial charge in [-0.25, -0.2) is 4.79 Å². The smallest absolute Gasteiger partial charge is 0.337 e. The lowest BCUT2D eigenvalue weighted by Crippen LogP contribution is -2.53. The summed E-state index contributed by atoms with van der Waals surface area (Å²) in [6.07, 6.45) is -0.168. The summed E-state index contributed by atoms with van der Waals surface area (Å²) in [5, 5.41) is 5.91. The van der Waals surface area contributed by atoms with Gasteiger partial charge in [-0.05, 0) is 31.2 Å². The van der Waals surface area contributed by atoms with Crippen LogP contribution in [0.3, 0.4) is 0 Å². The Hall–Kier alpha value is -1.63. The predicted octanol–water partition coefficient (Wildman–Crippen LogP) is 1.21. The molecule has 0 spiro atoms. The molecule has 0 aromatic heterocycles. The van der Waals surface area contributed by atoms with Gasteiger partial charge in [-0.2, -0.15) is 0 Å². The van der Waals surface area contributed by atoms with Crippen molar-refractivity contribution in [1.82, 2.24) is 5.32 Å². The summed E-state index contributed by atoms with van der Waals surface area (Å²) in [7, 11) is 1.33. The minimum Gasteiger partial charge on any atom is -0.465 e. The number of nitrogens with one attached hydrogen (secondary N) is 2. The van der Waals surface area contributed by atoms with E-state index in [4.69, 9.17) is 4.74 Å². The number of carbonyl (C=O) groups excluding carboxylic acids is 2. The van der Waals surface area contributed by atoms with Gasteiger partial charge in [0.15, 0.2) is 0 Å². The van der Waals surface area contributed by atoms with E-state index < -0.39 is 5.97 Å². The molecule has 0 radical (unpaired) electrons. The summed E-state index contributed by atoms with van der Waals surface area (Å²) in [5.41, 5.74) is 1.07. The third kappa shape index (κ3) is 4.42. The number of rotatable bonds is 3. The van der Waals surface area contributed by atoms with E-state index in [0.717, 1.165) is 0 Å². The number of anilines is 1. The van der Waals surface area contributed by atoms with Gasteiger partial charge in [-0.15, -0.1) is 12.4 Å². The molecule has 2 N–H and O–H groups in total. The monoisotopic (exact) mass is 314 g/mol. The van der Waals surface area contributed by atoms with Crippen LogP contribution in [-0.2, 0) is 14.3 Å². The average molecular weight is 315 g/mol. The lowest BCUT2D eigenvalue weighted by Gasteiger charge is -2.29. The van der Waals surface area contributed by atoms with Crippen LogP contribution in [0.25, 0.3) is 0 Å². The topological polar surface area (TPSA) is 76.7 Å². The molecule has 1 aliphatic heterocycles. The average Bonchev–Trinajstić information content (AvgIpc) is 2.47. The maximum Gasteiger partial charge on any atom is 0.337 e. The molecule has 0 unspecified atom stereocenters. The minimum atomic E-state index is -0.404. The van der Waals surface area contributed by atoms with Crippen molar-refractivity contribution >= 4 is 30.0 Å². The van der Waals surface area contributed by atoms with Crippen LogP contribution in [0, 0.1) is 0 Å². The number of morpholine rings is 1. The van der Waals surface area contributed by atoms with Crippen molar-refractivity contribution in [2.75, 3.05) is 25.6 Å². The summed E-state index contributed by atoms with van der Waals surface area (Å²) in [6.45, 7) is 3.12. The molecule has 2 rings (SSSR count). The predicted molar refractivity (Wildman–Crippen MR) is 80.9 cm³/mol. The van der Waals surface area contributed by atoms with Crippen LogP contribution in [0.5, 0.6) is 0 Å². The Kier molecular flexibility index (Phi) is 6.61. The second kappa shape index (κ2) is 7.97. The lowest BCUT2D eigenvalue weighted by atomic mass is 10.1. The molecule has 1 aromatic rings. The largest absolute Gasteiger partial charge is 0.465 e. The number of benzene rings is 1. The van der Waals surface area contributed by atoms with Crippen LogP contribution in [0.1, 0.15) is 17.3 Å². The van der Waals surface area contributed by atoms with E-state index in [2.05, 4.69) is 15.4 Å². The summed E-state index contributed by atoms with van der Waals surface area (Å²) >= 11 is 0. The molecular formula is C14H19ClN2O4. The van der Waals surface area contributed by atoms with Gasteiger partial charge in [0.1, 0.15) is 6.04 Å². The second-order valence-electron chi connectivity index (χ2n) is 4.57. The quantitative estimate of drug-likeness (QED) is 0.820. The second-order valence-corrected chi connectivity index (χ2v) is 4.57. The van der Waals surface area contributed by atoms with E-state index in [1.165, 1.54) is 7.11 Å². The lowest BCUT2D eigenvalue weighted by molar-refractivity contribution is -0.123. The first-order chi connectivity index (χ1) is 9.61. The van der Waals surface area contributed by atoms with Gasteiger partial charge in [0, 0.05) is 12.2 Å². The molecule has 1 fully saturated rings. The fraction of sp³-hybridized carbons (Fsp3) is 0.429. The Morgan fingerprint density at radius 1 is 1.33 bits per heavy atom. The normalized spacial score (nSPS) is 21.0.